The largest absolute Gasteiger partial charge is 0.320 e. The minimum atomic E-state index is 0.767. The molecule has 0 amide bonds. The van der Waals surface area contributed by atoms with Gasteiger partial charge in [0.15, 0.2) is 0 Å². The lowest BCUT2D eigenvalue weighted by molar-refractivity contribution is -0.967. The van der Waals surface area contributed by atoms with Gasteiger partial charge in [-0.2, -0.15) is 0 Å². The van der Waals surface area contributed by atoms with E-state index in [1.807, 2.05) is 0 Å². The van der Waals surface area contributed by atoms with Gasteiger partial charge in [-0.05, 0) is 40.5 Å². The molecule has 0 rings (SSSR count). The van der Waals surface area contributed by atoms with Crippen molar-refractivity contribution in [3.05, 3.63) is 0 Å². The monoisotopic (exact) mass is 214 g/mol. The first kappa shape index (κ1) is 15.0. The van der Waals surface area contributed by atoms with Crippen molar-refractivity contribution in [2.45, 2.75) is 79.3 Å². The summed E-state index contributed by atoms with van der Waals surface area (Å²) in [5.41, 5.74) is 0. The summed E-state index contributed by atoms with van der Waals surface area (Å²) in [6.45, 7) is 16.9. The first-order valence-corrected chi connectivity index (χ1v) is 6.87. The highest BCUT2D eigenvalue weighted by molar-refractivity contribution is 4.55. The Bertz CT molecular complexity index is 131. The van der Waals surface area contributed by atoms with Gasteiger partial charge >= 0.3 is 0 Å². The highest BCUT2D eigenvalue weighted by Crippen LogP contribution is 2.22. The number of quaternary nitrogens is 1. The van der Waals surface area contributed by atoms with E-state index in [0.717, 1.165) is 12.1 Å². The minimum absolute atomic E-state index is 0.767. The first-order chi connectivity index (χ1) is 7.01. The van der Waals surface area contributed by atoms with Crippen molar-refractivity contribution in [3.63, 3.8) is 0 Å². The van der Waals surface area contributed by atoms with Crippen molar-refractivity contribution in [1.82, 2.24) is 0 Å². The Morgan fingerprint density at radius 2 is 1.07 bits per heavy atom. The Balaban J connectivity index is 4.57. The van der Waals surface area contributed by atoms with E-state index in [4.69, 9.17) is 0 Å². The fourth-order valence-electron chi connectivity index (χ4n) is 2.65. The minimum Gasteiger partial charge on any atom is -0.320 e. The molecule has 0 aromatic heterocycles. The van der Waals surface area contributed by atoms with Gasteiger partial charge in [0, 0.05) is 0 Å². The van der Waals surface area contributed by atoms with Crippen LogP contribution in [0.3, 0.4) is 0 Å². The van der Waals surface area contributed by atoms with E-state index in [2.05, 4.69) is 41.5 Å². The van der Waals surface area contributed by atoms with E-state index in [1.165, 1.54) is 43.3 Å². The summed E-state index contributed by atoms with van der Waals surface area (Å²) in [7, 11) is 0. The third kappa shape index (κ3) is 4.14. The molecule has 0 bridgehead atoms. The Morgan fingerprint density at radius 3 is 1.27 bits per heavy atom. The third-order valence-electron chi connectivity index (χ3n) is 3.91. The molecule has 0 fully saturated rings. The topological polar surface area (TPSA) is 0 Å². The summed E-state index contributed by atoms with van der Waals surface area (Å²) < 4.78 is 1.32. The molecule has 0 heterocycles. The fourth-order valence-corrected chi connectivity index (χ4v) is 2.65. The SMILES string of the molecule is CCCC[N+](CCCC)(C(C)C)C(C)C. The van der Waals surface area contributed by atoms with E-state index in [1.54, 1.807) is 0 Å². The second kappa shape index (κ2) is 7.27. The molecular formula is C14H32N+. The Hall–Kier alpha value is -0.0400. The Morgan fingerprint density at radius 1 is 0.733 bits per heavy atom. The van der Waals surface area contributed by atoms with Crippen LogP contribution in [0.5, 0.6) is 0 Å². The van der Waals surface area contributed by atoms with Crippen LogP contribution in [0, 0.1) is 0 Å². The van der Waals surface area contributed by atoms with Gasteiger partial charge in [0.25, 0.3) is 0 Å². The van der Waals surface area contributed by atoms with E-state index in [9.17, 15) is 0 Å². The molecule has 0 aliphatic heterocycles. The predicted octanol–water partition coefficient (Wildman–Crippen LogP) is 4.22. The zero-order valence-corrected chi connectivity index (χ0v) is 11.8. The van der Waals surface area contributed by atoms with Gasteiger partial charge in [-0.15, -0.1) is 0 Å². The van der Waals surface area contributed by atoms with Gasteiger partial charge in [-0.3, -0.25) is 0 Å². The molecule has 1 heteroatoms. The highest BCUT2D eigenvalue weighted by atomic mass is 15.4. The molecule has 0 radical (unpaired) electrons. The number of nitrogens with zero attached hydrogens (tertiary/aromatic N) is 1. The van der Waals surface area contributed by atoms with Crippen LogP contribution in [0.15, 0.2) is 0 Å². The van der Waals surface area contributed by atoms with Crippen molar-refractivity contribution in [2.24, 2.45) is 0 Å². The smallest absolute Gasteiger partial charge is 0.0835 e. The maximum Gasteiger partial charge on any atom is 0.0835 e. The lowest BCUT2D eigenvalue weighted by Crippen LogP contribution is -2.58. The van der Waals surface area contributed by atoms with Crippen LogP contribution < -0.4 is 0 Å². The van der Waals surface area contributed by atoms with Crippen molar-refractivity contribution < 1.29 is 4.48 Å². The van der Waals surface area contributed by atoms with Crippen molar-refractivity contribution in [3.8, 4) is 0 Å². The summed E-state index contributed by atoms with van der Waals surface area (Å²) in [6.07, 6.45) is 5.40. The van der Waals surface area contributed by atoms with Crippen LogP contribution in [0.1, 0.15) is 67.2 Å². The van der Waals surface area contributed by atoms with Crippen molar-refractivity contribution >= 4 is 0 Å². The van der Waals surface area contributed by atoms with Crippen LogP contribution >= 0.6 is 0 Å². The quantitative estimate of drug-likeness (QED) is 0.531. The second-order valence-corrected chi connectivity index (χ2v) is 5.44. The van der Waals surface area contributed by atoms with Crippen LogP contribution in [0.25, 0.3) is 0 Å². The molecule has 92 valence electrons. The molecule has 0 aliphatic carbocycles. The van der Waals surface area contributed by atoms with Gasteiger partial charge in [-0.1, -0.05) is 26.7 Å². The molecule has 0 saturated carbocycles. The van der Waals surface area contributed by atoms with Gasteiger partial charge in [-0.25, -0.2) is 0 Å². The van der Waals surface area contributed by atoms with E-state index in [-0.39, 0.29) is 0 Å². The van der Waals surface area contributed by atoms with Gasteiger partial charge in [0.05, 0.1) is 25.2 Å². The normalized spacial score (nSPS) is 12.8. The average molecular weight is 214 g/mol. The molecule has 0 saturated heterocycles. The molecule has 0 unspecified atom stereocenters. The standard InChI is InChI=1S/C14H32N/c1-7-9-11-15(13(3)4,14(5)6)12-10-8-2/h13-14H,7-12H2,1-6H3/q+1. The summed E-state index contributed by atoms with van der Waals surface area (Å²) >= 11 is 0. The molecular weight excluding hydrogens is 182 g/mol. The molecule has 0 spiro atoms. The fraction of sp³-hybridized carbons (Fsp3) is 1.00. The highest BCUT2D eigenvalue weighted by Gasteiger charge is 2.33. The Kier molecular flexibility index (Phi) is 7.25. The Labute approximate surface area is 97.5 Å². The first-order valence-electron chi connectivity index (χ1n) is 6.87. The molecule has 0 aromatic carbocycles. The van der Waals surface area contributed by atoms with Crippen LogP contribution in [0.2, 0.25) is 0 Å². The maximum absolute atomic E-state index is 2.39. The molecule has 0 aliphatic rings. The van der Waals surface area contributed by atoms with Crippen LogP contribution in [-0.2, 0) is 0 Å². The summed E-state index contributed by atoms with van der Waals surface area (Å²) in [5, 5.41) is 0. The zero-order valence-electron chi connectivity index (χ0n) is 11.8. The molecule has 0 atom stereocenters. The summed E-state index contributed by atoms with van der Waals surface area (Å²) in [5.74, 6) is 0. The van der Waals surface area contributed by atoms with E-state index < -0.39 is 0 Å². The third-order valence-corrected chi connectivity index (χ3v) is 3.91. The average Bonchev–Trinajstić information content (AvgIpc) is 2.17. The lowest BCUT2D eigenvalue weighted by Gasteiger charge is -2.46. The second-order valence-electron chi connectivity index (χ2n) is 5.44. The van der Waals surface area contributed by atoms with Crippen molar-refractivity contribution in [2.75, 3.05) is 13.1 Å². The van der Waals surface area contributed by atoms with Gasteiger partial charge < -0.3 is 4.48 Å². The molecule has 0 N–H and O–H groups in total. The number of unbranched alkanes of at least 4 members (excludes halogenated alkanes) is 2. The van der Waals surface area contributed by atoms with Crippen LogP contribution in [0.4, 0.5) is 0 Å². The molecule has 0 aromatic rings. The van der Waals surface area contributed by atoms with E-state index in [0.29, 0.717) is 0 Å². The number of rotatable bonds is 8. The van der Waals surface area contributed by atoms with Gasteiger partial charge in [0.1, 0.15) is 0 Å². The van der Waals surface area contributed by atoms with E-state index >= 15 is 0 Å². The molecule has 1 nitrogen and oxygen atoms in total. The number of hydrogen-bond donors (Lipinski definition) is 0. The maximum atomic E-state index is 2.39. The van der Waals surface area contributed by atoms with Gasteiger partial charge in [0.2, 0.25) is 0 Å². The summed E-state index contributed by atoms with van der Waals surface area (Å²) in [4.78, 5) is 0. The summed E-state index contributed by atoms with van der Waals surface area (Å²) in [6, 6.07) is 1.53. The molecule has 15 heavy (non-hydrogen) atoms. The lowest BCUT2D eigenvalue weighted by atomic mass is 10.1. The number of hydrogen-bond acceptors (Lipinski definition) is 0. The van der Waals surface area contributed by atoms with Crippen LogP contribution in [-0.4, -0.2) is 29.7 Å². The zero-order chi connectivity index (χ0) is 11.9. The predicted molar refractivity (Wildman–Crippen MR) is 70.1 cm³/mol. The van der Waals surface area contributed by atoms with Crippen molar-refractivity contribution in [1.29, 1.82) is 0 Å².